The van der Waals surface area contributed by atoms with Crippen LogP contribution >= 0.6 is 0 Å². The van der Waals surface area contributed by atoms with E-state index in [2.05, 4.69) is 0 Å². The van der Waals surface area contributed by atoms with E-state index in [0.29, 0.717) is 0 Å². The minimum Gasteiger partial charge on any atom is -0.447 e. The van der Waals surface area contributed by atoms with Crippen molar-refractivity contribution >= 4 is 12.0 Å². The highest BCUT2D eigenvalue weighted by atomic mass is 16.7. The molecule has 1 unspecified atom stereocenters. The SMILES string of the molecule is [2H]C(OC)(OC)C([2H])(C)C(=O)N1C(=O)OC[C@@H]1C(C)C. The largest absolute Gasteiger partial charge is 0.447 e. The molecule has 6 heteroatoms. The van der Waals surface area contributed by atoms with Crippen LogP contribution in [0, 0.1) is 11.8 Å². The predicted octanol–water partition coefficient (Wildman–Crippen LogP) is 1.24. The second kappa shape index (κ2) is 6.15. The summed E-state index contributed by atoms with van der Waals surface area (Å²) in [6.45, 7) is 4.95. The van der Waals surface area contributed by atoms with Gasteiger partial charge in [0.1, 0.15) is 6.61 Å². The Hall–Kier alpha value is -1.14. The monoisotopic (exact) mass is 261 g/mol. The first-order valence-electron chi connectivity index (χ1n) is 6.73. The molecule has 2 atom stereocenters. The van der Waals surface area contributed by atoms with Gasteiger partial charge in [0.25, 0.3) is 0 Å². The van der Waals surface area contributed by atoms with E-state index in [1.54, 1.807) is 0 Å². The van der Waals surface area contributed by atoms with Crippen molar-refractivity contribution < 1.29 is 26.5 Å². The lowest BCUT2D eigenvalue weighted by molar-refractivity contribution is -0.162. The summed E-state index contributed by atoms with van der Waals surface area (Å²) in [5, 5.41) is 0. The zero-order valence-corrected chi connectivity index (χ0v) is 11.4. The molecule has 0 radical (unpaired) electrons. The molecule has 0 bridgehead atoms. The summed E-state index contributed by atoms with van der Waals surface area (Å²) in [4.78, 5) is 25.1. The van der Waals surface area contributed by atoms with Gasteiger partial charge < -0.3 is 14.2 Å². The number of carbonyl (C=O) groups excluding carboxylic acids is 2. The molecule has 18 heavy (non-hydrogen) atoms. The number of nitrogens with zero attached hydrogens (tertiary/aromatic N) is 1. The molecule has 0 aromatic heterocycles. The van der Waals surface area contributed by atoms with Gasteiger partial charge >= 0.3 is 6.09 Å². The fourth-order valence-electron chi connectivity index (χ4n) is 1.82. The number of cyclic esters (lactones) is 1. The third-order valence-electron chi connectivity index (χ3n) is 2.89. The fraction of sp³-hybridized carbons (Fsp3) is 0.833. The third kappa shape index (κ3) is 2.81. The number of hydrogen-bond acceptors (Lipinski definition) is 5. The topological polar surface area (TPSA) is 65.1 Å². The summed E-state index contributed by atoms with van der Waals surface area (Å²) in [6, 6.07) is -0.461. The van der Waals surface area contributed by atoms with Crippen molar-refractivity contribution in [3.8, 4) is 0 Å². The first kappa shape index (κ1) is 11.9. The van der Waals surface area contributed by atoms with Crippen molar-refractivity contribution in [2.24, 2.45) is 11.8 Å². The summed E-state index contributed by atoms with van der Waals surface area (Å²) in [5.74, 6) is -3.02. The van der Waals surface area contributed by atoms with Crippen molar-refractivity contribution in [1.82, 2.24) is 4.90 Å². The van der Waals surface area contributed by atoms with Crippen LogP contribution in [-0.2, 0) is 19.0 Å². The van der Waals surface area contributed by atoms with Gasteiger partial charge in [-0.25, -0.2) is 9.69 Å². The molecule has 0 aliphatic carbocycles. The average Bonchev–Trinajstić information content (AvgIpc) is 2.78. The lowest BCUT2D eigenvalue weighted by atomic mass is 10.0. The zero-order valence-electron chi connectivity index (χ0n) is 13.4. The van der Waals surface area contributed by atoms with E-state index in [-0.39, 0.29) is 12.5 Å². The molecule has 1 heterocycles. The van der Waals surface area contributed by atoms with Gasteiger partial charge in [0.2, 0.25) is 5.91 Å². The molecule has 6 nitrogen and oxygen atoms in total. The van der Waals surface area contributed by atoms with Crippen LogP contribution in [0.4, 0.5) is 4.79 Å². The standard InChI is InChI=1S/C12H21NO5/c1-7(2)9-6-18-12(15)13(9)10(14)8(3)11(16-4)17-5/h7-9,11H,6H2,1-5H3/t8?,9-/m1/s1/i8D,11D. The first-order valence-corrected chi connectivity index (χ1v) is 5.73. The van der Waals surface area contributed by atoms with E-state index in [4.69, 9.17) is 17.0 Å². The Balaban J connectivity index is 3.12. The van der Waals surface area contributed by atoms with E-state index in [0.717, 1.165) is 4.90 Å². The maximum Gasteiger partial charge on any atom is 0.416 e. The number of methoxy groups -OCH3 is 2. The molecule has 0 aromatic carbocycles. The van der Waals surface area contributed by atoms with E-state index < -0.39 is 30.2 Å². The Morgan fingerprint density at radius 2 is 2.00 bits per heavy atom. The highest BCUT2D eigenvalue weighted by molar-refractivity contribution is 5.94. The first-order chi connectivity index (χ1) is 9.12. The number of imide groups is 1. The van der Waals surface area contributed by atoms with Crippen molar-refractivity contribution in [3.63, 3.8) is 0 Å². The van der Waals surface area contributed by atoms with Gasteiger partial charge in [0.15, 0.2) is 6.27 Å². The van der Waals surface area contributed by atoms with Crippen LogP contribution in [0.25, 0.3) is 0 Å². The predicted molar refractivity (Wildman–Crippen MR) is 63.8 cm³/mol. The fourth-order valence-corrected chi connectivity index (χ4v) is 1.82. The molecule has 0 N–H and O–H groups in total. The number of hydrogen-bond donors (Lipinski definition) is 0. The molecule has 0 saturated carbocycles. The molecular formula is C12H21NO5. The zero-order chi connectivity index (χ0) is 15.7. The van der Waals surface area contributed by atoms with Crippen LogP contribution in [0.3, 0.4) is 0 Å². The van der Waals surface area contributed by atoms with Gasteiger partial charge in [0.05, 0.1) is 13.3 Å². The van der Waals surface area contributed by atoms with Gasteiger partial charge in [-0.15, -0.1) is 0 Å². The van der Waals surface area contributed by atoms with Crippen LogP contribution in [0.2, 0.25) is 0 Å². The normalized spacial score (nSPS) is 25.6. The van der Waals surface area contributed by atoms with Gasteiger partial charge in [-0.1, -0.05) is 13.8 Å². The molecule has 0 aromatic rings. The summed E-state index contributed by atoms with van der Waals surface area (Å²) in [7, 11) is 2.33. The Kier molecular flexibility index (Phi) is 4.07. The molecule has 1 aliphatic rings. The lowest BCUT2D eigenvalue weighted by Crippen LogP contribution is -2.47. The molecule has 0 spiro atoms. The minimum atomic E-state index is -2.21. The Morgan fingerprint density at radius 1 is 1.44 bits per heavy atom. The quantitative estimate of drug-likeness (QED) is 0.697. The van der Waals surface area contributed by atoms with E-state index in [1.165, 1.54) is 21.1 Å². The highest BCUT2D eigenvalue weighted by Gasteiger charge is 2.42. The Bertz CT molecular complexity index is 395. The van der Waals surface area contributed by atoms with E-state index in [9.17, 15) is 9.59 Å². The summed E-state index contributed by atoms with van der Waals surface area (Å²) in [5.41, 5.74) is 0. The molecule has 1 rings (SSSR count). The average molecular weight is 261 g/mol. The van der Waals surface area contributed by atoms with Gasteiger partial charge in [-0.3, -0.25) is 4.79 Å². The van der Waals surface area contributed by atoms with E-state index in [1.807, 2.05) is 13.8 Å². The van der Waals surface area contributed by atoms with Crippen molar-refractivity contribution in [2.75, 3.05) is 20.8 Å². The van der Waals surface area contributed by atoms with Crippen molar-refractivity contribution in [2.45, 2.75) is 33.1 Å². The van der Waals surface area contributed by atoms with Crippen LogP contribution in [0.1, 0.15) is 23.5 Å². The minimum absolute atomic E-state index is 0.0218. The molecule has 1 aliphatic heterocycles. The van der Waals surface area contributed by atoms with Crippen molar-refractivity contribution in [1.29, 1.82) is 0 Å². The third-order valence-corrected chi connectivity index (χ3v) is 2.89. The second-order valence-electron chi connectivity index (χ2n) is 4.38. The van der Waals surface area contributed by atoms with Crippen LogP contribution < -0.4 is 0 Å². The molecule has 1 fully saturated rings. The Morgan fingerprint density at radius 3 is 2.44 bits per heavy atom. The van der Waals surface area contributed by atoms with Gasteiger partial charge in [0, 0.05) is 15.6 Å². The Labute approximate surface area is 110 Å². The lowest BCUT2D eigenvalue weighted by Gasteiger charge is -2.27. The van der Waals surface area contributed by atoms with Crippen LogP contribution in [-0.4, -0.2) is 50.0 Å². The van der Waals surface area contributed by atoms with Crippen LogP contribution in [0.15, 0.2) is 0 Å². The summed E-state index contributed by atoms with van der Waals surface area (Å²) in [6.07, 6.45) is -3.02. The summed E-state index contributed by atoms with van der Waals surface area (Å²) >= 11 is 0. The molecular weight excluding hydrogens is 238 g/mol. The highest BCUT2D eigenvalue weighted by Crippen LogP contribution is 2.23. The number of carbonyl (C=O) groups is 2. The smallest absolute Gasteiger partial charge is 0.416 e. The molecule has 2 amide bonds. The second-order valence-corrected chi connectivity index (χ2v) is 4.38. The number of rotatable bonds is 5. The van der Waals surface area contributed by atoms with Gasteiger partial charge in [-0.05, 0) is 12.8 Å². The van der Waals surface area contributed by atoms with Crippen LogP contribution in [0.5, 0.6) is 0 Å². The van der Waals surface area contributed by atoms with E-state index >= 15 is 0 Å². The molecule has 1 saturated heterocycles. The maximum absolute atomic E-state index is 12.5. The maximum atomic E-state index is 12.5. The summed E-state index contributed by atoms with van der Waals surface area (Å²) < 4.78 is 30.6. The van der Waals surface area contributed by atoms with Gasteiger partial charge in [-0.2, -0.15) is 0 Å². The number of amides is 2. The molecule has 104 valence electrons. The number of ether oxygens (including phenoxy) is 3. The van der Waals surface area contributed by atoms with Crippen molar-refractivity contribution in [3.05, 3.63) is 0 Å².